The minimum Gasteiger partial charge on any atom is -0.331 e. The second-order valence-corrected chi connectivity index (χ2v) is 14.6. The lowest BCUT2D eigenvalue weighted by Crippen LogP contribution is -2.36. The van der Waals surface area contributed by atoms with Gasteiger partial charge in [0.2, 0.25) is 6.29 Å². The van der Waals surface area contributed by atoms with Gasteiger partial charge in [0.15, 0.2) is 5.84 Å². The van der Waals surface area contributed by atoms with Crippen molar-refractivity contribution in [2.75, 3.05) is 0 Å². The molecule has 0 fully saturated rings. The summed E-state index contributed by atoms with van der Waals surface area (Å²) in [7, 11) is 0. The molecule has 0 saturated heterocycles. The van der Waals surface area contributed by atoms with Crippen LogP contribution in [0.25, 0.3) is 82.7 Å². The molecule has 8 aromatic carbocycles. The van der Waals surface area contributed by atoms with E-state index in [9.17, 15) is 0 Å². The monoisotopic (exact) mass is 715 g/mol. The zero-order valence-electron chi connectivity index (χ0n) is 30.3. The van der Waals surface area contributed by atoms with Crippen LogP contribution < -0.4 is 5.32 Å². The number of hydrogen-bond donors (Lipinski definition) is 1. The summed E-state index contributed by atoms with van der Waals surface area (Å²) < 4.78 is 4.93. The van der Waals surface area contributed by atoms with Crippen LogP contribution >= 0.6 is 0 Å². The maximum absolute atomic E-state index is 5.45. The van der Waals surface area contributed by atoms with E-state index in [-0.39, 0.29) is 0 Å². The maximum atomic E-state index is 5.45. The lowest BCUT2D eigenvalue weighted by Gasteiger charge is -2.26. The Bertz CT molecular complexity index is 3260. The topological polar surface area (TPSA) is 46.6 Å². The van der Waals surface area contributed by atoms with Crippen molar-refractivity contribution in [3.63, 3.8) is 0 Å². The van der Waals surface area contributed by atoms with Gasteiger partial charge in [-0.15, -0.1) is 0 Å². The van der Waals surface area contributed by atoms with Crippen LogP contribution in [0, 0.1) is 0 Å². The number of benzene rings is 8. The molecule has 0 aliphatic carbocycles. The first-order chi connectivity index (χ1) is 27.8. The Morgan fingerprint density at radius 1 is 0.393 bits per heavy atom. The van der Waals surface area contributed by atoms with E-state index in [0.29, 0.717) is 5.84 Å². The molecule has 4 heterocycles. The van der Waals surface area contributed by atoms with E-state index in [2.05, 4.69) is 196 Å². The first kappa shape index (κ1) is 30.9. The fourth-order valence-electron chi connectivity index (χ4n) is 9.08. The molecule has 1 unspecified atom stereocenters. The van der Waals surface area contributed by atoms with Crippen molar-refractivity contribution in [2.24, 2.45) is 9.98 Å². The van der Waals surface area contributed by atoms with Crippen molar-refractivity contribution in [3.05, 3.63) is 199 Å². The van der Waals surface area contributed by atoms with Crippen molar-refractivity contribution in [2.45, 2.75) is 6.29 Å². The number of nitrogens with one attached hydrogen (secondary N) is 1. The third-order valence-electron chi connectivity index (χ3n) is 11.5. The second-order valence-electron chi connectivity index (χ2n) is 14.6. The van der Waals surface area contributed by atoms with Crippen molar-refractivity contribution in [1.29, 1.82) is 0 Å². The summed E-state index contributed by atoms with van der Waals surface area (Å²) in [5.74, 6) is 1.47. The molecule has 2 aliphatic rings. The molecular formula is C51H33N5. The van der Waals surface area contributed by atoms with E-state index in [1.54, 1.807) is 0 Å². The number of amidine groups is 2. The summed E-state index contributed by atoms with van der Waals surface area (Å²) in [4.78, 5) is 10.6. The average Bonchev–Trinajstić information content (AvgIpc) is 3.76. The number of fused-ring (bicyclic) bond motifs is 12. The summed E-state index contributed by atoms with van der Waals surface area (Å²) in [5.41, 5.74) is 15.0. The van der Waals surface area contributed by atoms with Crippen LogP contribution in [0.15, 0.2) is 198 Å². The summed E-state index contributed by atoms with van der Waals surface area (Å²) in [5, 5.41) is 8.64. The standard InChI is InChI=1S/C51H33N5/c1-3-14-32(15-4-1)33-26-28-35(29-27-33)50-52-49(34-16-5-2-6-17-34)53-51(54-50)56-45-25-12-10-21-39(45)42-30-31-43-41-23-13-22-40-37-19-8-7-18-36(37)38-20-9-11-24-44(38)55(46(40)41)47(43)48(42)56/h1-31,51H,(H,52,53,54). The van der Waals surface area contributed by atoms with E-state index >= 15 is 0 Å². The third-order valence-corrected chi connectivity index (χ3v) is 11.5. The number of para-hydroxylation sites is 3. The highest BCUT2D eigenvalue weighted by molar-refractivity contribution is 6.26. The maximum Gasteiger partial charge on any atom is 0.204 e. The zero-order valence-corrected chi connectivity index (χ0v) is 30.3. The molecule has 2 aliphatic heterocycles. The Balaban J connectivity index is 1.15. The molecule has 12 rings (SSSR count). The van der Waals surface area contributed by atoms with Crippen molar-refractivity contribution < 1.29 is 0 Å². The van der Waals surface area contributed by atoms with Gasteiger partial charge in [-0.05, 0) is 34.4 Å². The van der Waals surface area contributed by atoms with Crippen LogP contribution in [-0.4, -0.2) is 20.8 Å². The highest BCUT2D eigenvalue weighted by atomic mass is 15.3. The quantitative estimate of drug-likeness (QED) is 0.194. The molecule has 0 saturated carbocycles. The van der Waals surface area contributed by atoms with Gasteiger partial charge >= 0.3 is 0 Å². The Morgan fingerprint density at radius 2 is 0.946 bits per heavy atom. The Labute approximate surface area is 323 Å². The number of aliphatic imine (C=N–C) groups is 2. The number of nitrogens with zero attached hydrogens (tertiary/aromatic N) is 4. The van der Waals surface area contributed by atoms with Crippen LogP contribution in [0.1, 0.15) is 17.4 Å². The third kappa shape index (κ3) is 4.49. The molecule has 2 aromatic heterocycles. The van der Waals surface area contributed by atoms with Gasteiger partial charge in [-0.25, -0.2) is 9.98 Å². The molecule has 10 aromatic rings. The molecule has 1 atom stereocenters. The van der Waals surface area contributed by atoms with E-state index in [0.717, 1.165) is 39.1 Å². The van der Waals surface area contributed by atoms with E-state index < -0.39 is 6.29 Å². The second kappa shape index (κ2) is 12.0. The molecule has 0 spiro atoms. The smallest absolute Gasteiger partial charge is 0.204 e. The van der Waals surface area contributed by atoms with E-state index in [4.69, 9.17) is 9.98 Å². The molecule has 0 amide bonds. The Kier molecular flexibility index (Phi) is 6.63. The van der Waals surface area contributed by atoms with Crippen LogP contribution in [-0.2, 0) is 0 Å². The first-order valence-corrected chi connectivity index (χ1v) is 19.1. The molecule has 262 valence electrons. The highest BCUT2D eigenvalue weighted by Gasteiger charge is 2.30. The van der Waals surface area contributed by atoms with E-state index in [1.807, 2.05) is 6.07 Å². The molecule has 0 radical (unpaired) electrons. The number of rotatable bonds is 4. The summed E-state index contributed by atoms with van der Waals surface area (Å²) in [6.45, 7) is 0. The SMILES string of the molecule is c1ccc(C2=NC(n3c4ccccc4c4ccc5c6cccc7c6n(c5c43)-c3ccccc3-c3ccccc3-7)NC(c3ccc(-c4ccccc4)cc3)=N2)cc1. The molecule has 0 bridgehead atoms. The van der Waals surface area contributed by atoms with Gasteiger partial charge in [-0.2, -0.15) is 0 Å². The van der Waals surface area contributed by atoms with Crippen molar-refractivity contribution in [1.82, 2.24) is 14.5 Å². The molecule has 5 nitrogen and oxygen atoms in total. The largest absolute Gasteiger partial charge is 0.331 e. The fraction of sp³-hybridized carbons (Fsp3) is 0.0196. The van der Waals surface area contributed by atoms with Crippen molar-refractivity contribution >= 4 is 55.3 Å². The zero-order chi connectivity index (χ0) is 36.7. The van der Waals surface area contributed by atoms with Crippen molar-refractivity contribution in [3.8, 4) is 39.1 Å². The lowest BCUT2D eigenvalue weighted by atomic mass is 9.94. The van der Waals surface area contributed by atoms with Gasteiger partial charge in [0, 0.05) is 43.8 Å². The molecule has 1 N–H and O–H groups in total. The highest BCUT2D eigenvalue weighted by Crippen LogP contribution is 2.49. The van der Waals surface area contributed by atoms with Gasteiger partial charge in [-0.1, -0.05) is 176 Å². The molecular weight excluding hydrogens is 683 g/mol. The van der Waals surface area contributed by atoms with E-state index in [1.165, 1.54) is 60.6 Å². The van der Waals surface area contributed by atoms with Gasteiger partial charge in [0.05, 0.1) is 27.8 Å². The minimum atomic E-state index is -0.497. The van der Waals surface area contributed by atoms with Gasteiger partial charge < -0.3 is 9.88 Å². The summed E-state index contributed by atoms with van der Waals surface area (Å²) >= 11 is 0. The van der Waals surface area contributed by atoms with Gasteiger partial charge in [0.25, 0.3) is 0 Å². The molecule has 56 heavy (non-hydrogen) atoms. The number of aromatic nitrogens is 2. The van der Waals surface area contributed by atoms with Crippen LogP contribution in [0.5, 0.6) is 0 Å². The normalized spacial score (nSPS) is 14.6. The Hall–Kier alpha value is -7.50. The minimum absolute atomic E-state index is 0.497. The Morgan fingerprint density at radius 3 is 1.73 bits per heavy atom. The fourth-order valence-corrected chi connectivity index (χ4v) is 9.08. The predicted molar refractivity (Wildman–Crippen MR) is 232 cm³/mol. The van der Waals surface area contributed by atoms with Crippen LogP contribution in [0.3, 0.4) is 0 Å². The first-order valence-electron chi connectivity index (χ1n) is 19.1. The van der Waals surface area contributed by atoms with Gasteiger partial charge in [0.1, 0.15) is 5.84 Å². The lowest BCUT2D eigenvalue weighted by molar-refractivity contribution is 0.516. The summed E-state index contributed by atoms with van der Waals surface area (Å²) in [6.07, 6.45) is -0.497. The molecule has 5 heteroatoms. The van der Waals surface area contributed by atoms with Crippen LogP contribution in [0.2, 0.25) is 0 Å². The number of hydrogen-bond acceptors (Lipinski definition) is 3. The summed E-state index contributed by atoms with van der Waals surface area (Å²) in [6, 6.07) is 67.3. The van der Waals surface area contributed by atoms with Gasteiger partial charge in [-0.3, -0.25) is 4.57 Å². The average molecular weight is 716 g/mol. The van der Waals surface area contributed by atoms with Crippen LogP contribution in [0.4, 0.5) is 0 Å². The predicted octanol–water partition coefficient (Wildman–Crippen LogP) is 12.2.